The molecular weight excluding hydrogens is 372 g/mol. The van der Waals surface area contributed by atoms with Gasteiger partial charge < -0.3 is 21.7 Å². The number of rotatable bonds is 7. The highest BCUT2D eigenvalue weighted by atomic mass is 16.4. The second kappa shape index (κ2) is 7.86. The fourth-order valence-corrected chi connectivity index (χ4v) is 2.23. The van der Waals surface area contributed by atoms with Crippen LogP contribution >= 0.6 is 0 Å². The monoisotopic (exact) mass is 386 g/mol. The van der Waals surface area contributed by atoms with E-state index in [1.54, 1.807) is 0 Å². The highest BCUT2D eigenvalue weighted by Crippen LogP contribution is 2.11. The predicted molar refractivity (Wildman–Crippen MR) is 95.8 cm³/mol. The number of allylic oxidation sites excluding steroid dienone is 2. The average Bonchev–Trinajstić information content (AvgIpc) is 2.95. The van der Waals surface area contributed by atoms with E-state index in [0.29, 0.717) is 0 Å². The van der Waals surface area contributed by atoms with Crippen LogP contribution < -0.4 is 17.0 Å². The minimum absolute atomic E-state index is 0.0162. The normalized spacial score (nSPS) is 10.6. The molecule has 0 spiro atoms. The molecule has 2 rings (SSSR count). The van der Waals surface area contributed by atoms with Gasteiger partial charge in [-0.1, -0.05) is 6.08 Å². The van der Waals surface area contributed by atoms with Gasteiger partial charge in [0.25, 0.3) is 17.4 Å². The zero-order chi connectivity index (χ0) is 21.0. The van der Waals surface area contributed by atoms with Gasteiger partial charge in [-0.3, -0.25) is 19.5 Å². The van der Waals surface area contributed by atoms with E-state index in [4.69, 9.17) is 16.6 Å². The summed E-state index contributed by atoms with van der Waals surface area (Å²) in [5.74, 6) is -4.76. The lowest BCUT2D eigenvalue weighted by molar-refractivity contribution is -0.120. The van der Waals surface area contributed by atoms with Crippen LogP contribution in [0.15, 0.2) is 46.8 Å². The number of amides is 2. The fourth-order valence-electron chi connectivity index (χ4n) is 2.23. The standard InChI is InChI=1S/C17H14N4O7/c18-13(22)11(14(19)23)3-1-2-10-12(17(27)28)20-21(15(10)24)9-6-4-8(5-7-9)16(25)26/h1-7,20H,(H2,18,22)(H2,19,23)(H,25,26)(H,27,28). The van der Waals surface area contributed by atoms with Crippen molar-refractivity contribution in [3.63, 3.8) is 0 Å². The first-order chi connectivity index (χ1) is 13.1. The Hall–Kier alpha value is -4.41. The summed E-state index contributed by atoms with van der Waals surface area (Å²) < 4.78 is 0.904. The summed E-state index contributed by atoms with van der Waals surface area (Å²) in [6, 6.07) is 5.13. The third-order valence-corrected chi connectivity index (χ3v) is 3.57. The Labute approximate surface area is 156 Å². The highest BCUT2D eigenvalue weighted by Gasteiger charge is 2.19. The van der Waals surface area contributed by atoms with Gasteiger partial charge in [0, 0.05) is 0 Å². The molecule has 1 aromatic carbocycles. The lowest BCUT2D eigenvalue weighted by atomic mass is 10.2. The molecule has 0 atom stereocenters. The number of carboxylic acid groups (broad SMARTS) is 2. The van der Waals surface area contributed by atoms with Crippen LogP contribution in [0.5, 0.6) is 0 Å². The number of aromatic carboxylic acids is 2. The molecule has 7 N–H and O–H groups in total. The number of benzene rings is 1. The largest absolute Gasteiger partial charge is 0.478 e. The van der Waals surface area contributed by atoms with Crippen molar-refractivity contribution in [1.82, 2.24) is 9.78 Å². The van der Waals surface area contributed by atoms with Crippen molar-refractivity contribution in [3.05, 3.63) is 69.2 Å². The van der Waals surface area contributed by atoms with E-state index in [9.17, 15) is 29.1 Å². The smallest absolute Gasteiger partial charge is 0.354 e. The zero-order valence-electron chi connectivity index (χ0n) is 14.1. The Balaban J connectivity index is 2.53. The number of primary amides is 2. The van der Waals surface area contributed by atoms with E-state index in [1.807, 2.05) is 0 Å². The maximum atomic E-state index is 12.6. The van der Waals surface area contributed by atoms with Gasteiger partial charge in [0.2, 0.25) is 0 Å². The van der Waals surface area contributed by atoms with E-state index >= 15 is 0 Å². The molecule has 0 saturated heterocycles. The van der Waals surface area contributed by atoms with Crippen LogP contribution in [-0.4, -0.2) is 43.7 Å². The summed E-state index contributed by atoms with van der Waals surface area (Å²) in [5, 5.41) is 20.6. The van der Waals surface area contributed by atoms with Crippen molar-refractivity contribution in [2.24, 2.45) is 11.5 Å². The molecule has 2 amide bonds. The molecule has 0 bridgehead atoms. The van der Waals surface area contributed by atoms with E-state index in [0.717, 1.165) is 22.9 Å². The first-order valence-corrected chi connectivity index (χ1v) is 7.53. The van der Waals surface area contributed by atoms with Crippen LogP contribution in [0.2, 0.25) is 0 Å². The Morgan fingerprint density at radius 2 is 1.54 bits per heavy atom. The van der Waals surface area contributed by atoms with Gasteiger partial charge in [-0.15, -0.1) is 0 Å². The minimum Gasteiger partial charge on any atom is -0.478 e. The third-order valence-electron chi connectivity index (χ3n) is 3.57. The Morgan fingerprint density at radius 3 is 2.00 bits per heavy atom. The van der Waals surface area contributed by atoms with E-state index in [1.165, 1.54) is 24.3 Å². The zero-order valence-corrected chi connectivity index (χ0v) is 14.1. The van der Waals surface area contributed by atoms with Crippen molar-refractivity contribution >= 4 is 29.8 Å². The lowest BCUT2D eigenvalue weighted by Gasteiger charge is -2.01. The Kier molecular flexibility index (Phi) is 5.59. The number of nitrogens with one attached hydrogen (secondary N) is 1. The second-order valence-electron chi connectivity index (χ2n) is 5.37. The number of carbonyl (C=O) groups excluding carboxylic acids is 2. The SMILES string of the molecule is NC(=O)C(=CC=Cc1c(C(=O)O)[nH]n(-c2ccc(C(=O)O)cc2)c1=O)C(N)=O. The van der Waals surface area contributed by atoms with Gasteiger partial charge in [-0.05, 0) is 36.4 Å². The van der Waals surface area contributed by atoms with Crippen molar-refractivity contribution < 1.29 is 29.4 Å². The molecule has 11 nitrogen and oxygen atoms in total. The summed E-state index contributed by atoms with van der Waals surface area (Å²) in [4.78, 5) is 57.1. The summed E-state index contributed by atoms with van der Waals surface area (Å²) in [7, 11) is 0. The number of H-pyrrole nitrogens is 1. The van der Waals surface area contributed by atoms with Crippen LogP contribution in [-0.2, 0) is 9.59 Å². The molecule has 0 aliphatic carbocycles. The third kappa shape index (κ3) is 4.04. The maximum absolute atomic E-state index is 12.6. The Morgan fingerprint density at radius 1 is 0.964 bits per heavy atom. The van der Waals surface area contributed by atoms with Gasteiger partial charge in [0.1, 0.15) is 5.57 Å². The van der Waals surface area contributed by atoms with E-state index in [-0.39, 0.29) is 16.8 Å². The van der Waals surface area contributed by atoms with Crippen LogP contribution in [0.25, 0.3) is 11.8 Å². The van der Waals surface area contributed by atoms with Gasteiger partial charge in [0.15, 0.2) is 5.69 Å². The van der Waals surface area contributed by atoms with E-state index in [2.05, 4.69) is 5.10 Å². The molecule has 1 heterocycles. The fraction of sp³-hybridized carbons (Fsp3) is 0. The van der Waals surface area contributed by atoms with Gasteiger partial charge in [-0.25, -0.2) is 14.3 Å². The first kappa shape index (κ1) is 19.9. The topological polar surface area (TPSA) is 199 Å². The minimum atomic E-state index is -1.44. The number of aromatic nitrogens is 2. The molecule has 144 valence electrons. The van der Waals surface area contributed by atoms with Gasteiger partial charge >= 0.3 is 11.9 Å². The first-order valence-electron chi connectivity index (χ1n) is 7.53. The summed E-state index contributed by atoms with van der Waals surface area (Å²) in [5.41, 5.74) is 8.13. The molecule has 0 fully saturated rings. The molecule has 0 radical (unpaired) electrons. The second-order valence-corrected chi connectivity index (χ2v) is 5.37. The average molecular weight is 386 g/mol. The number of carbonyl (C=O) groups is 4. The van der Waals surface area contributed by atoms with Gasteiger partial charge in [0.05, 0.1) is 16.8 Å². The van der Waals surface area contributed by atoms with E-state index < -0.39 is 40.6 Å². The van der Waals surface area contributed by atoms with Crippen molar-refractivity contribution in [3.8, 4) is 5.69 Å². The molecule has 28 heavy (non-hydrogen) atoms. The molecule has 0 aliphatic rings. The summed E-state index contributed by atoms with van der Waals surface area (Å²) >= 11 is 0. The summed E-state index contributed by atoms with van der Waals surface area (Å²) in [6.45, 7) is 0. The highest BCUT2D eigenvalue weighted by molar-refractivity contribution is 6.17. The predicted octanol–water partition coefficient (Wildman–Crippen LogP) is -0.528. The maximum Gasteiger partial charge on any atom is 0.354 e. The van der Waals surface area contributed by atoms with Crippen LogP contribution in [0.3, 0.4) is 0 Å². The van der Waals surface area contributed by atoms with Crippen LogP contribution in [0.1, 0.15) is 26.4 Å². The van der Waals surface area contributed by atoms with Crippen molar-refractivity contribution in [2.45, 2.75) is 0 Å². The number of hydrogen-bond acceptors (Lipinski definition) is 5. The van der Waals surface area contributed by atoms with Gasteiger partial charge in [-0.2, -0.15) is 0 Å². The van der Waals surface area contributed by atoms with Crippen LogP contribution in [0, 0.1) is 0 Å². The number of carboxylic acids is 2. The molecular formula is C17H14N4O7. The number of nitrogens with zero attached hydrogens (tertiary/aromatic N) is 1. The number of aromatic amines is 1. The Bertz CT molecular complexity index is 1070. The molecule has 2 aromatic rings. The molecule has 0 saturated carbocycles. The van der Waals surface area contributed by atoms with Crippen molar-refractivity contribution in [1.29, 1.82) is 0 Å². The summed E-state index contributed by atoms with van der Waals surface area (Å²) in [6.07, 6.45) is 3.10. The molecule has 11 heteroatoms. The number of nitrogens with two attached hydrogens (primary N) is 2. The quantitative estimate of drug-likeness (QED) is 0.182. The lowest BCUT2D eigenvalue weighted by Crippen LogP contribution is -2.25. The molecule has 0 aliphatic heterocycles. The van der Waals surface area contributed by atoms with Crippen LogP contribution in [0.4, 0.5) is 0 Å². The number of hydrogen-bond donors (Lipinski definition) is 5. The van der Waals surface area contributed by atoms with Crippen molar-refractivity contribution in [2.75, 3.05) is 0 Å². The molecule has 1 aromatic heterocycles. The molecule has 0 unspecified atom stereocenters.